The summed E-state index contributed by atoms with van der Waals surface area (Å²) in [6.45, 7) is 12.8. The zero-order valence-electron chi connectivity index (χ0n) is 56.5. The van der Waals surface area contributed by atoms with Gasteiger partial charge in [0.15, 0.2) is 28.4 Å². The maximum Gasteiger partial charge on any atom is 0.355 e. The van der Waals surface area contributed by atoms with E-state index in [2.05, 4.69) is 39.8 Å². The van der Waals surface area contributed by atoms with Crippen molar-refractivity contribution in [2.75, 3.05) is 29.9 Å². The second-order valence-corrected chi connectivity index (χ2v) is 30.1. The third kappa shape index (κ3) is 14.9. The summed E-state index contributed by atoms with van der Waals surface area (Å²) in [5.74, 6) is -6.81. The van der Waals surface area contributed by atoms with E-state index in [1.807, 2.05) is 51.4 Å². The predicted molar refractivity (Wildman–Crippen MR) is 360 cm³/mol. The Morgan fingerprint density at radius 1 is 0.820 bits per heavy atom. The number of para-hydroxylation sites is 1. The van der Waals surface area contributed by atoms with Crippen molar-refractivity contribution in [3.8, 4) is 11.1 Å². The lowest BCUT2D eigenvalue weighted by atomic mass is 9.39. The number of ether oxygens (including phenoxy) is 3. The van der Waals surface area contributed by atoms with Crippen LogP contribution < -0.4 is 20.9 Å². The number of carbonyl (C=O) groups is 9. The van der Waals surface area contributed by atoms with E-state index in [0.29, 0.717) is 70.5 Å². The number of carboxylic acid groups (broad SMARTS) is 2. The van der Waals surface area contributed by atoms with Crippen LogP contribution in [0.3, 0.4) is 0 Å². The first kappa shape index (κ1) is 70.7. The van der Waals surface area contributed by atoms with Gasteiger partial charge in [-0.05, 0) is 135 Å². The summed E-state index contributed by atoms with van der Waals surface area (Å²) in [7, 11) is 0. The van der Waals surface area contributed by atoms with Gasteiger partial charge < -0.3 is 59.8 Å². The highest BCUT2D eigenvalue weighted by Gasteiger charge is 2.66. The summed E-state index contributed by atoms with van der Waals surface area (Å²) in [4.78, 5) is 133. The van der Waals surface area contributed by atoms with Crippen molar-refractivity contribution in [2.45, 2.75) is 187 Å². The molecule has 4 bridgehead atoms. The van der Waals surface area contributed by atoms with Crippen LogP contribution in [0.25, 0.3) is 21.3 Å². The van der Waals surface area contributed by atoms with Crippen molar-refractivity contribution in [3.63, 3.8) is 0 Å². The SMILES string of the molecule is Cc1c(-c2ccc(N3CCn4cnc(C(=O)Nc5nc6ccccc6s5)c4C3)nc2C(=O)O)cnn1CC12CC3(C)CC(C)(C1)CC(OCCCC(=O)OCc1ccc(CC(=O)[C@H](C)NC(=O)[C@@H](NC(=O)CN4C(=O)C=CC4=O)C(C)C)cc1CC[C@@H]1O[C@H](C(=O)O)[C@@H](O)[C@@H](O)[C@H]1O)(C3)C2. The fraction of sp³-hybridized carbons (Fsp3) is 0.507. The van der Waals surface area contributed by atoms with E-state index in [1.165, 1.54) is 18.3 Å². The molecule has 0 radical (unpaired) electrons. The number of rotatable bonds is 27. The second-order valence-electron chi connectivity index (χ2n) is 29.1. The number of aliphatic hydroxyl groups excluding tert-OH is 3. The molecule has 7 aliphatic rings. The van der Waals surface area contributed by atoms with E-state index in [9.17, 15) is 68.7 Å². The van der Waals surface area contributed by atoms with E-state index in [0.717, 1.165) is 71.5 Å². The van der Waals surface area contributed by atoms with E-state index in [4.69, 9.17) is 24.3 Å². The Morgan fingerprint density at radius 3 is 2.27 bits per heavy atom. The molecule has 13 rings (SSSR count). The number of aliphatic hydroxyl groups is 3. The van der Waals surface area contributed by atoms with Crippen molar-refractivity contribution in [3.05, 3.63) is 119 Å². The minimum absolute atomic E-state index is 0.0238. The lowest BCUT2D eigenvalue weighted by molar-refractivity contribution is -0.248. The number of amides is 5. The van der Waals surface area contributed by atoms with Gasteiger partial charge in [-0.3, -0.25) is 48.5 Å². The Labute approximate surface area is 579 Å². The molecule has 29 heteroatoms. The Bertz CT molecular complexity index is 4200. The molecule has 5 fully saturated rings. The van der Waals surface area contributed by atoms with E-state index < -0.39 is 114 Å². The van der Waals surface area contributed by atoms with Gasteiger partial charge in [0.2, 0.25) is 11.8 Å². The fourth-order valence-corrected chi connectivity index (χ4v) is 17.7. The number of benzene rings is 2. The highest BCUT2D eigenvalue weighted by atomic mass is 32.1. The molecule has 0 spiro atoms. The first-order valence-electron chi connectivity index (χ1n) is 33.7. The van der Waals surface area contributed by atoms with Crippen LogP contribution in [0, 0.1) is 29.1 Å². The van der Waals surface area contributed by atoms with Gasteiger partial charge >= 0.3 is 17.9 Å². The number of ketones is 1. The minimum Gasteiger partial charge on any atom is -0.479 e. The van der Waals surface area contributed by atoms with E-state index in [1.54, 1.807) is 50.6 Å². The van der Waals surface area contributed by atoms with Crippen LogP contribution >= 0.6 is 11.3 Å². The number of nitrogens with zero attached hydrogens (tertiary/aromatic N) is 8. The number of imidazole rings is 1. The molecule has 2 unspecified atom stereocenters. The highest BCUT2D eigenvalue weighted by Crippen LogP contribution is 2.72. The number of hydrogen-bond donors (Lipinski definition) is 8. The molecular weight excluding hydrogens is 1310 g/mol. The van der Waals surface area contributed by atoms with Crippen LogP contribution in [-0.2, 0) is 86.9 Å². The monoisotopic (exact) mass is 1390 g/mol. The zero-order valence-corrected chi connectivity index (χ0v) is 57.3. The van der Waals surface area contributed by atoms with Crippen molar-refractivity contribution >= 4 is 85.7 Å². The maximum absolute atomic E-state index is 13.8. The third-order valence-electron chi connectivity index (χ3n) is 20.5. The molecule has 5 amide bonds. The molecule has 530 valence electrons. The molecule has 6 aromatic rings. The zero-order chi connectivity index (χ0) is 71.3. The van der Waals surface area contributed by atoms with Gasteiger partial charge in [-0.2, -0.15) is 5.10 Å². The molecule has 7 heterocycles. The number of aromatic carboxylic acids is 1. The van der Waals surface area contributed by atoms with Crippen molar-refractivity contribution in [1.29, 1.82) is 0 Å². The highest BCUT2D eigenvalue weighted by molar-refractivity contribution is 7.22. The van der Waals surface area contributed by atoms with Gasteiger partial charge in [-0.15, -0.1) is 0 Å². The fourth-order valence-electron chi connectivity index (χ4n) is 16.9. The van der Waals surface area contributed by atoms with Crippen LogP contribution in [0.1, 0.15) is 141 Å². The number of aryl methyl sites for hydroxylation is 1. The predicted octanol–water partition coefficient (Wildman–Crippen LogP) is 5.24. The number of Topliss-reactive ketones (excluding diaryl/α,β-unsaturated/α-hetero) is 1. The summed E-state index contributed by atoms with van der Waals surface area (Å²) in [5, 5.41) is 65.7. The van der Waals surface area contributed by atoms with E-state index >= 15 is 0 Å². The van der Waals surface area contributed by atoms with Gasteiger partial charge in [0.1, 0.15) is 43.3 Å². The number of thiazole rings is 1. The molecular formula is C71H83N11O17S. The van der Waals surface area contributed by atoms with Crippen LogP contribution in [-0.4, -0.2) is 181 Å². The standard InChI is InChI=1S/C71H83N11O17S/c1-38(2)56(77-52(84)28-81-53(85)19-20-54(81)86)63(91)74-39(3)48(83)25-41-13-14-43(42(24-41)15-17-49-59(88)60(89)61(90)62(99-49)66(95)96)29-97-55(87)12-9-23-98-71-33-68(5)30-69(6,34-71)32-70(31-68,35-71)36-82-40(4)45(26-73-82)44-16-18-51(76-57(44)65(93)94)79-21-22-80-37-72-58(47(80)27-79)64(92)78-67-75-46-10-7-8-11-50(46)100-67/h7-8,10-11,13-14,16,18-20,24,26,37-39,49,56,59-62,88-90H,9,12,15,17,21-23,25,27-36H2,1-6H3,(H,74,91)(H,77,84)(H,93,94)(H,95,96)(H,75,78,92)/t39-,49-,56-,59-,60-,61-,62-,68?,69?,70?,71?/m0/s1. The number of carboxylic acids is 2. The first-order valence-corrected chi connectivity index (χ1v) is 34.5. The van der Waals surface area contributed by atoms with Crippen molar-refractivity contribution in [1.82, 2.24) is 44.8 Å². The Kier molecular flexibility index (Phi) is 19.9. The Balaban J connectivity index is 0.671. The van der Waals surface area contributed by atoms with Gasteiger partial charge in [0.25, 0.3) is 17.7 Å². The summed E-state index contributed by atoms with van der Waals surface area (Å²) in [5.41, 5.74) is 4.25. The van der Waals surface area contributed by atoms with Crippen molar-refractivity contribution in [2.24, 2.45) is 22.2 Å². The lowest BCUT2D eigenvalue weighted by Gasteiger charge is -2.69. The number of anilines is 2. The number of pyridine rings is 1. The van der Waals surface area contributed by atoms with Gasteiger partial charge in [-0.1, -0.05) is 69.4 Å². The quantitative estimate of drug-likeness (QED) is 0.0186. The summed E-state index contributed by atoms with van der Waals surface area (Å²) in [6.07, 6.45) is 2.59. The topological polar surface area (TPSA) is 386 Å². The van der Waals surface area contributed by atoms with Crippen LogP contribution in [0.15, 0.2) is 79.3 Å². The normalized spacial score (nSPS) is 25.8. The number of hydrogen-bond acceptors (Lipinski definition) is 21. The second kappa shape index (κ2) is 28.1. The molecule has 4 saturated carbocycles. The molecule has 9 atom stereocenters. The summed E-state index contributed by atoms with van der Waals surface area (Å²) in [6, 6.07) is 14.0. The Hall–Kier alpha value is -9.13. The molecule has 4 aliphatic carbocycles. The molecule has 1 saturated heterocycles. The largest absolute Gasteiger partial charge is 0.479 e. The molecule has 4 aromatic heterocycles. The van der Waals surface area contributed by atoms with Crippen LogP contribution in [0.4, 0.5) is 10.9 Å². The maximum atomic E-state index is 13.8. The molecule has 100 heavy (non-hydrogen) atoms. The number of fused-ring (bicyclic) bond motifs is 2. The third-order valence-corrected chi connectivity index (χ3v) is 21.5. The Morgan fingerprint density at radius 2 is 1.56 bits per heavy atom. The average Bonchev–Trinajstić information content (AvgIpc) is 1.43. The van der Waals surface area contributed by atoms with E-state index in [-0.39, 0.29) is 73.1 Å². The van der Waals surface area contributed by atoms with Crippen molar-refractivity contribution < 1.29 is 82.9 Å². The number of carbonyl (C=O) groups excluding carboxylic acids is 7. The average molecular weight is 1390 g/mol. The van der Waals surface area contributed by atoms with Gasteiger partial charge in [0.05, 0.1) is 52.7 Å². The minimum atomic E-state index is -1.90. The summed E-state index contributed by atoms with van der Waals surface area (Å²) >= 11 is 1.37. The molecule has 3 aliphatic heterocycles. The van der Waals surface area contributed by atoms with Crippen LogP contribution in [0.2, 0.25) is 0 Å². The molecule has 28 nitrogen and oxygen atoms in total. The number of esters is 1. The molecule has 2 aromatic carbocycles. The number of imide groups is 1. The lowest BCUT2D eigenvalue weighted by Crippen LogP contribution is -2.64. The first-order chi connectivity index (χ1) is 47.5. The number of nitrogens with one attached hydrogen (secondary N) is 3. The molecule has 8 N–H and O–H groups in total. The van der Waals surface area contributed by atoms with Gasteiger partial charge in [-0.25, -0.2) is 24.5 Å². The number of aliphatic carboxylic acids is 1. The smallest absolute Gasteiger partial charge is 0.355 e. The van der Waals surface area contributed by atoms with Gasteiger partial charge in [0, 0.05) is 68.1 Å². The number of aromatic nitrogens is 6. The summed E-state index contributed by atoms with van der Waals surface area (Å²) < 4.78 is 23.3. The van der Waals surface area contributed by atoms with Crippen LogP contribution in [0.5, 0.6) is 0 Å².